The number of aryl methyl sites for hydroxylation is 1. The van der Waals surface area contributed by atoms with Crippen LogP contribution in [0, 0.1) is 6.92 Å². The van der Waals surface area contributed by atoms with Gasteiger partial charge in [0.2, 0.25) is 0 Å². The third kappa shape index (κ3) is 3.97. The SMILES string of the molecule is Cc1ccc(OCC(=O)N2CCCC2)c(CC(C)N)c1. The van der Waals surface area contributed by atoms with E-state index in [4.69, 9.17) is 10.5 Å². The van der Waals surface area contributed by atoms with Crippen molar-refractivity contribution in [2.24, 2.45) is 5.73 Å². The first kappa shape index (κ1) is 14.9. The molecule has 1 aliphatic heterocycles. The normalized spacial score (nSPS) is 16.2. The van der Waals surface area contributed by atoms with Crippen molar-refractivity contribution in [3.05, 3.63) is 29.3 Å². The summed E-state index contributed by atoms with van der Waals surface area (Å²) in [4.78, 5) is 13.9. The van der Waals surface area contributed by atoms with Crippen molar-refractivity contribution in [2.75, 3.05) is 19.7 Å². The van der Waals surface area contributed by atoms with E-state index in [0.717, 1.165) is 43.7 Å². The zero-order valence-electron chi connectivity index (χ0n) is 12.4. The van der Waals surface area contributed by atoms with Gasteiger partial charge in [0.15, 0.2) is 6.61 Å². The van der Waals surface area contributed by atoms with Crippen molar-refractivity contribution < 1.29 is 9.53 Å². The first-order chi connectivity index (χ1) is 9.56. The lowest BCUT2D eigenvalue weighted by Crippen LogP contribution is -2.32. The summed E-state index contributed by atoms with van der Waals surface area (Å²) in [6.07, 6.45) is 2.97. The van der Waals surface area contributed by atoms with Gasteiger partial charge in [0, 0.05) is 19.1 Å². The van der Waals surface area contributed by atoms with Gasteiger partial charge < -0.3 is 15.4 Å². The maximum Gasteiger partial charge on any atom is 0.260 e. The number of ether oxygens (including phenoxy) is 1. The van der Waals surface area contributed by atoms with Crippen molar-refractivity contribution in [3.8, 4) is 5.75 Å². The number of nitrogens with zero attached hydrogens (tertiary/aromatic N) is 1. The van der Waals surface area contributed by atoms with Crippen LogP contribution in [0.1, 0.15) is 30.9 Å². The van der Waals surface area contributed by atoms with Crippen LogP contribution in [-0.2, 0) is 11.2 Å². The number of hydrogen-bond acceptors (Lipinski definition) is 3. The van der Waals surface area contributed by atoms with Crippen LogP contribution >= 0.6 is 0 Å². The molecule has 0 spiro atoms. The molecule has 1 unspecified atom stereocenters. The summed E-state index contributed by atoms with van der Waals surface area (Å²) < 4.78 is 5.72. The number of nitrogens with two attached hydrogens (primary N) is 1. The monoisotopic (exact) mass is 276 g/mol. The maximum atomic E-state index is 12.0. The minimum atomic E-state index is 0.0773. The molecule has 4 heteroatoms. The van der Waals surface area contributed by atoms with Crippen molar-refractivity contribution >= 4 is 5.91 Å². The molecule has 1 fully saturated rings. The molecule has 1 aliphatic rings. The quantitative estimate of drug-likeness (QED) is 0.893. The fourth-order valence-electron chi connectivity index (χ4n) is 2.55. The van der Waals surface area contributed by atoms with E-state index in [1.54, 1.807) is 0 Å². The lowest BCUT2D eigenvalue weighted by Gasteiger charge is -2.17. The molecule has 1 heterocycles. The first-order valence-electron chi connectivity index (χ1n) is 7.32. The fraction of sp³-hybridized carbons (Fsp3) is 0.562. The van der Waals surface area contributed by atoms with Gasteiger partial charge >= 0.3 is 0 Å². The maximum absolute atomic E-state index is 12.0. The molecule has 0 saturated carbocycles. The third-order valence-electron chi connectivity index (χ3n) is 3.57. The minimum Gasteiger partial charge on any atom is -0.483 e. The van der Waals surface area contributed by atoms with Crippen LogP contribution in [0.15, 0.2) is 18.2 Å². The van der Waals surface area contributed by atoms with Gasteiger partial charge in [0.25, 0.3) is 5.91 Å². The number of carbonyl (C=O) groups is 1. The fourth-order valence-corrected chi connectivity index (χ4v) is 2.55. The molecule has 1 amide bonds. The van der Waals surface area contributed by atoms with E-state index >= 15 is 0 Å². The van der Waals surface area contributed by atoms with Crippen LogP contribution in [0.5, 0.6) is 5.75 Å². The molecule has 1 aromatic carbocycles. The smallest absolute Gasteiger partial charge is 0.260 e. The molecule has 2 rings (SSSR count). The molecule has 20 heavy (non-hydrogen) atoms. The molecule has 110 valence electrons. The Balaban J connectivity index is 1.99. The van der Waals surface area contributed by atoms with E-state index < -0.39 is 0 Å². The Morgan fingerprint density at radius 3 is 2.75 bits per heavy atom. The first-order valence-corrected chi connectivity index (χ1v) is 7.32. The Kier molecular flexibility index (Phi) is 5.01. The molecule has 0 aromatic heterocycles. The molecule has 0 bridgehead atoms. The van der Waals surface area contributed by atoms with E-state index in [0.29, 0.717) is 0 Å². The number of amides is 1. The molecule has 0 radical (unpaired) electrons. The van der Waals surface area contributed by atoms with Gasteiger partial charge in [-0.15, -0.1) is 0 Å². The second kappa shape index (κ2) is 6.75. The van der Waals surface area contributed by atoms with Crippen molar-refractivity contribution in [2.45, 2.75) is 39.2 Å². The molecule has 1 atom stereocenters. The van der Waals surface area contributed by atoms with Gasteiger partial charge in [-0.25, -0.2) is 0 Å². The molecule has 1 aromatic rings. The van der Waals surface area contributed by atoms with E-state index in [1.165, 1.54) is 5.56 Å². The average Bonchev–Trinajstić information content (AvgIpc) is 2.90. The Morgan fingerprint density at radius 2 is 2.10 bits per heavy atom. The van der Waals surface area contributed by atoms with E-state index in [-0.39, 0.29) is 18.6 Å². The number of benzene rings is 1. The second-order valence-electron chi connectivity index (χ2n) is 5.67. The number of hydrogen-bond donors (Lipinski definition) is 1. The lowest BCUT2D eigenvalue weighted by atomic mass is 10.0. The van der Waals surface area contributed by atoms with Crippen LogP contribution in [0.4, 0.5) is 0 Å². The molecule has 1 saturated heterocycles. The predicted molar refractivity (Wildman–Crippen MR) is 79.8 cm³/mol. The topological polar surface area (TPSA) is 55.6 Å². The van der Waals surface area contributed by atoms with E-state index in [9.17, 15) is 4.79 Å². The van der Waals surface area contributed by atoms with Gasteiger partial charge in [-0.3, -0.25) is 4.79 Å². The van der Waals surface area contributed by atoms with Gasteiger partial charge in [-0.05, 0) is 44.7 Å². The summed E-state index contributed by atoms with van der Waals surface area (Å²) in [6.45, 7) is 5.87. The highest BCUT2D eigenvalue weighted by Crippen LogP contribution is 2.21. The largest absolute Gasteiger partial charge is 0.483 e. The van der Waals surface area contributed by atoms with Gasteiger partial charge in [0.1, 0.15) is 5.75 Å². The Bertz CT molecular complexity index is 466. The Morgan fingerprint density at radius 1 is 1.40 bits per heavy atom. The summed E-state index contributed by atoms with van der Waals surface area (Å²) in [6, 6.07) is 6.09. The molecular formula is C16H24N2O2. The van der Waals surface area contributed by atoms with Gasteiger partial charge in [-0.1, -0.05) is 17.7 Å². The predicted octanol–water partition coefficient (Wildman–Crippen LogP) is 1.89. The lowest BCUT2D eigenvalue weighted by molar-refractivity contribution is -0.132. The van der Waals surface area contributed by atoms with Crippen molar-refractivity contribution in [1.82, 2.24) is 4.90 Å². The summed E-state index contributed by atoms with van der Waals surface area (Å²) in [5, 5.41) is 0. The van der Waals surface area contributed by atoms with Crippen LogP contribution < -0.4 is 10.5 Å². The van der Waals surface area contributed by atoms with Crippen LogP contribution in [0.25, 0.3) is 0 Å². The third-order valence-corrected chi connectivity index (χ3v) is 3.57. The van der Waals surface area contributed by atoms with Crippen LogP contribution in [-0.4, -0.2) is 36.5 Å². The van der Waals surface area contributed by atoms with Crippen LogP contribution in [0.2, 0.25) is 0 Å². The molecular weight excluding hydrogens is 252 g/mol. The van der Waals surface area contributed by atoms with Crippen molar-refractivity contribution in [3.63, 3.8) is 0 Å². The Hall–Kier alpha value is -1.55. The standard InChI is InChI=1S/C16H24N2O2/c1-12-5-6-15(14(9-12)10-13(2)17)20-11-16(19)18-7-3-4-8-18/h5-6,9,13H,3-4,7-8,10-11,17H2,1-2H3. The van der Waals surface area contributed by atoms with Crippen molar-refractivity contribution in [1.29, 1.82) is 0 Å². The highest BCUT2D eigenvalue weighted by molar-refractivity contribution is 5.78. The van der Waals surface area contributed by atoms with Gasteiger partial charge in [-0.2, -0.15) is 0 Å². The molecule has 4 nitrogen and oxygen atoms in total. The second-order valence-corrected chi connectivity index (χ2v) is 5.67. The average molecular weight is 276 g/mol. The highest BCUT2D eigenvalue weighted by Gasteiger charge is 2.18. The Labute approximate surface area is 120 Å². The van der Waals surface area contributed by atoms with E-state index in [2.05, 4.69) is 6.07 Å². The molecule has 0 aliphatic carbocycles. The van der Waals surface area contributed by atoms with E-state index in [1.807, 2.05) is 30.9 Å². The van der Waals surface area contributed by atoms with Gasteiger partial charge in [0.05, 0.1) is 0 Å². The molecule has 2 N–H and O–H groups in total. The number of carbonyl (C=O) groups excluding carboxylic acids is 1. The summed E-state index contributed by atoms with van der Waals surface area (Å²) >= 11 is 0. The van der Waals surface area contributed by atoms with Crippen LogP contribution in [0.3, 0.4) is 0 Å². The summed E-state index contributed by atoms with van der Waals surface area (Å²) in [5.41, 5.74) is 8.13. The summed E-state index contributed by atoms with van der Waals surface area (Å²) in [7, 11) is 0. The number of likely N-dealkylation sites (tertiary alicyclic amines) is 1. The minimum absolute atomic E-state index is 0.0773. The highest BCUT2D eigenvalue weighted by atomic mass is 16.5. The zero-order chi connectivity index (χ0) is 14.5. The zero-order valence-corrected chi connectivity index (χ0v) is 12.4. The summed E-state index contributed by atoms with van der Waals surface area (Å²) in [5.74, 6) is 0.857. The number of rotatable bonds is 5.